The van der Waals surface area contributed by atoms with Crippen molar-refractivity contribution in [3.63, 3.8) is 0 Å². The third-order valence-electron chi connectivity index (χ3n) is 1.35. The van der Waals surface area contributed by atoms with Crippen LogP contribution >= 0.6 is 0 Å². The molecule has 0 radical (unpaired) electrons. The predicted octanol–water partition coefficient (Wildman–Crippen LogP) is 0.601. The third kappa shape index (κ3) is 1.18. The first kappa shape index (κ1) is 8.39. The van der Waals surface area contributed by atoms with Gasteiger partial charge in [-0.05, 0) is 19.7 Å². The molecule has 0 amide bonds. The van der Waals surface area contributed by atoms with Gasteiger partial charge in [0.05, 0.1) is 5.57 Å². The largest absolute Gasteiger partial charge is 0.384 e. The van der Waals surface area contributed by atoms with Gasteiger partial charge in [0.1, 0.15) is 0 Å². The molecule has 0 saturated carbocycles. The number of hydrogen-bond donors (Lipinski definition) is 0. The quantitative estimate of drug-likeness (QED) is 0.342. The highest BCUT2D eigenvalue weighted by Crippen LogP contribution is 2.18. The SMILES string of the molecule is C=NC1=C(/C=C\C)C(=O)OC1=O. The highest BCUT2D eigenvalue weighted by atomic mass is 16.6. The van der Waals surface area contributed by atoms with Crippen molar-refractivity contribution in [2.75, 3.05) is 0 Å². The average molecular weight is 165 g/mol. The summed E-state index contributed by atoms with van der Waals surface area (Å²) in [5.41, 5.74) is 0.149. The van der Waals surface area contributed by atoms with Crippen molar-refractivity contribution in [3.8, 4) is 0 Å². The molecule has 1 aliphatic rings. The van der Waals surface area contributed by atoms with E-state index in [9.17, 15) is 9.59 Å². The Labute approximate surface area is 69.2 Å². The van der Waals surface area contributed by atoms with E-state index in [1.165, 1.54) is 6.08 Å². The summed E-state index contributed by atoms with van der Waals surface area (Å²) in [6, 6.07) is 0. The topological polar surface area (TPSA) is 55.7 Å². The molecule has 4 heteroatoms. The maximum atomic E-state index is 10.9. The van der Waals surface area contributed by atoms with Crippen LogP contribution in [0.5, 0.6) is 0 Å². The van der Waals surface area contributed by atoms with E-state index in [1.54, 1.807) is 13.0 Å². The van der Waals surface area contributed by atoms with Gasteiger partial charge >= 0.3 is 11.9 Å². The second kappa shape index (κ2) is 3.13. The summed E-state index contributed by atoms with van der Waals surface area (Å²) in [5.74, 6) is -1.40. The summed E-state index contributed by atoms with van der Waals surface area (Å²) >= 11 is 0. The molecule has 1 rings (SSSR count). The van der Waals surface area contributed by atoms with Crippen LogP contribution in [0.25, 0.3) is 0 Å². The number of cyclic esters (lactones) is 2. The fourth-order valence-electron chi connectivity index (χ4n) is 0.858. The summed E-state index contributed by atoms with van der Waals surface area (Å²) < 4.78 is 4.29. The summed E-state index contributed by atoms with van der Waals surface area (Å²) in [6.45, 7) is 4.89. The van der Waals surface area contributed by atoms with Gasteiger partial charge in [-0.3, -0.25) is 4.99 Å². The van der Waals surface area contributed by atoms with E-state index in [0.29, 0.717) is 0 Å². The van der Waals surface area contributed by atoms with Crippen molar-refractivity contribution < 1.29 is 14.3 Å². The number of aliphatic imine (C=N–C) groups is 1. The molecule has 0 aromatic heterocycles. The zero-order valence-corrected chi connectivity index (χ0v) is 6.53. The minimum absolute atomic E-state index is 0.0156. The molecule has 1 heterocycles. The smallest absolute Gasteiger partial charge is 0.365 e. The average Bonchev–Trinajstić information content (AvgIpc) is 2.28. The Balaban J connectivity index is 3.18. The fraction of sp³-hybridized carbons (Fsp3) is 0.125. The first-order valence-electron chi connectivity index (χ1n) is 3.31. The van der Waals surface area contributed by atoms with Gasteiger partial charge in [-0.2, -0.15) is 0 Å². The van der Waals surface area contributed by atoms with E-state index in [4.69, 9.17) is 0 Å². The van der Waals surface area contributed by atoms with Crippen LogP contribution in [-0.2, 0) is 14.3 Å². The molecular weight excluding hydrogens is 158 g/mol. The normalized spacial score (nSPS) is 17.4. The molecule has 0 aliphatic carbocycles. The van der Waals surface area contributed by atoms with Gasteiger partial charge < -0.3 is 4.74 Å². The lowest BCUT2D eigenvalue weighted by molar-refractivity contribution is -0.150. The van der Waals surface area contributed by atoms with Gasteiger partial charge in [0.2, 0.25) is 0 Å². The van der Waals surface area contributed by atoms with E-state index in [2.05, 4.69) is 16.4 Å². The van der Waals surface area contributed by atoms with E-state index in [0.717, 1.165) is 0 Å². The lowest BCUT2D eigenvalue weighted by atomic mass is 10.2. The second-order valence-electron chi connectivity index (χ2n) is 2.10. The van der Waals surface area contributed by atoms with Crippen molar-refractivity contribution >= 4 is 18.7 Å². The predicted molar refractivity (Wildman–Crippen MR) is 42.5 cm³/mol. The molecular formula is C8H7NO3. The van der Waals surface area contributed by atoms with Crippen LogP contribution in [0.2, 0.25) is 0 Å². The maximum absolute atomic E-state index is 10.9. The molecule has 0 spiro atoms. The molecule has 62 valence electrons. The zero-order valence-electron chi connectivity index (χ0n) is 6.53. The van der Waals surface area contributed by atoms with Gasteiger partial charge in [0.15, 0.2) is 5.70 Å². The Bertz CT molecular complexity index is 312. The minimum atomic E-state index is -0.733. The first-order chi connectivity index (χ1) is 5.70. The number of esters is 2. The minimum Gasteiger partial charge on any atom is -0.384 e. The van der Waals surface area contributed by atoms with E-state index in [1.807, 2.05) is 0 Å². The lowest BCUT2D eigenvalue weighted by Crippen LogP contribution is -2.01. The maximum Gasteiger partial charge on any atom is 0.365 e. The molecule has 0 aromatic rings. The standard InChI is InChI=1S/C8H7NO3/c1-3-4-5-6(9-2)8(11)12-7(5)10/h3-4H,2H2,1H3/b4-3-. The Morgan fingerprint density at radius 3 is 2.58 bits per heavy atom. The lowest BCUT2D eigenvalue weighted by Gasteiger charge is -1.85. The van der Waals surface area contributed by atoms with Crippen LogP contribution < -0.4 is 0 Å². The zero-order chi connectivity index (χ0) is 9.14. The summed E-state index contributed by atoms with van der Waals surface area (Å²) in [7, 11) is 0. The number of rotatable bonds is 2. The Morgan fingerprint density at radius 1 is 1.42 bits per heavy atom. The molecule has 0 fully saturated rings. The number of hydrogen-bond acceptors (Lipinski definition) is 4. The molecule has 0 saturated heterocycles. The monoisotopic (exact) mass is 165 g/mol. The van der Waals surface area contributed by atoms with E-state index < -0.39 is 11.9 Å². The molecule has 4 nitrogen and oxygen atoms in total. The Hall–Kier alpha value is -1.71. The van der Waals surface area contributed by atoms with Crippen LogP contribution in [0, 0.1) is 0 Å². The highest BCUT2D eigenvalue weighted by Gasteiger charge is 2.30. The van der Waals surface area contributed by atoms with Crippen molar-refractivity contribution in [2.24, 2.45) is 4.99 Å². The second-order valence-corrected chi connectivity index (χ2v) is 2.10. The van der Waals surface area contributed by atoms with Crippen molar-refractivity contribution in [3.05, 3.63) is 23.4 Å². The third-order valence-corrected chi connectivity index (χ3v) is 1.35. The van der Waals surface area contributed by atoms with Gasteiger partial charge in [-0.1, -0.05) is 6.08 Å². The van der Waals surface area contributed by atoms with Crippen LogP contribution in [0.15, 0.2) is 28.4 Å². The first-order valence-corrected chi connectivity index (χ1v) is 3.31. The van der Waals surface area contributed by atoms with Crippen LogP contribution in [0.4, 0.5) is 0 Å². The van der Waals surface area contributed by atoms with Gasteiger partial charge in [-0.15, -0.1) is 0 Å². The molecule has 12 heavy (non-hydrogen) atoms. The number of allylic oxidation sites excluding steroid dienone is 1. The van der Waals surface area contributed by atoms with Crippen molar-refractivity contribution in [2.45, 2.75) is 6.92 Å². The van der Waals surface area contributed by atoms with Crippen LogP contribution in [-0.4, -0.2) is 18.7 Å². The molecule has 0 atom stereocenters. The Morgan fingerprint density at radius 2 is 2.08 bits per heavy atom. The van der Waals surface area contributed by atoms with Gasteiger partial charge in [-0.25, -0.2) is 9.59 Å². The van der Waals surface area contributed by atoms with Crippen LogP contribution in [0.3, 0.4) is 0 Å². The van der Waals surface area contributed by atoms with Crippen molar-refractivity contribution in [1.82, 2.24) is 0 Å². The molecule has 1 aliphatic heterocycles. The van der Waals surface area contributed by atoms with E-state index in [-0.39, 0.29) is 11.3 Å². The van der Waals surface area contributed by atoms with Crippen molar-refractivity contribution in [1.29, 1.82) is 0 Å². The van der Waals surface area contributed by atoms with E-state index >= 15 is 0 Å². The molecule has 0 aromatic carbocycles. The Kier molecular flexibility index (Phi) is 2.19. The summed E-state index contributed by atoms with van der Waals surface area (Å²) in [4.78, 5) is 25.1. The molecule has 0 N–H and O–H groups in total. The highest BCUT2D eigenvalue weighted by molar-refractivity contribution is 6.13. The number of carbonyl (C=O) groups is 2. The van der Waals surface area contributed by atoms with Gasteiger partial charge in [0.25, 0.3) is 0 Å². The summed E-state index contributed by atoms with van der Waals surface area (Å²) in [5, 5.41) is 0. The van der Waals surface area contributed by atoms with Gasteiger partial charge in [0, 0.05) is 0 Å². The number of ether oxygens (including phenoxy) is 1. The summed E-state index contributed by atoms with van der Waals surface area (Å²) in [6.07, 6.45) is 3.09. The number of carbonyl (C=O) groups excluding carboxylic acids is 2. The molecule has 0 unspecified atom stereocenters. The molecule has 0 bridgehead atoms. The fourth-order valence-corrected chi connectivity index (χ4v) is 0.858. The number of nitrogens with zero attached hydrogens (tertiary/aromatic N) is 1. The van der Waals surface area contributed by atoms with Crippen LogP contribution in [0.1, 0.15) is 6.92 Å².